The topological polar surface area (TPSA) is 96.0 Å². The van der Waals surface area contributed by atoms with Crippen molar-refractivity contribution >= 4 is 40.7 Å². The van der Waals surface area contributed by atoms with Crippen molar-refractivity contribution in [3.8, 4) is 11.3 Å². The number of carbonyl (C=O) groups is 2. The molecule has 0 unspecified atom stereocenters. The zero-order valence-electron chi connectivity index (χ0n) is 19.0. The molecule has 4 aromatic rings. The molecule has 0 atom stereocenters. The number of nitrogens with one attached hydrogen (secondary N) is 3. The molecule has 0 bridgehead atoms. The van der Waals surface area contributed by atoms with Crippen LogP contribution < -0.4 is 16.0 Å². The van der Waals surface area contributed by atoms with Crippen molar-refractivity contribution in [2.45, 2.75) is 12.8 Å². The van der Waals surface area contributed by atoms with Crippen LogP contribution in [0.15, 0.2) is 72.9 Å². The Bertz CT molecular complexity index is 1460. The third-order valence-corrected chi connectivity index (χ3v) is 6.00. The largest absolute Gasteiger partial charge is 0.352 e. The van der Waals surface area contributed by atoms with E-state index in [0.717, 1.165) is 5.56 Å². The first kappa shape index (κ1) is 23.4. The van der Waals surface area contributed by atoms with Gasteiger partial charge in [-0.2, -0.15) is 0 Å². The number of fused-ring (bicyclic) bond motifs is 3. The number of nitrogens with zero attached hydrogens (tertiary/aromatic N) is 2. The average Bonchev–Trinajstić information content (AvgIpc) is 3.00. The molecular weight excluding hydrogens is 481 g/mol. The number of benzene rings is 3. The Hall–Kier alpha value is -4.30. The Kier molecular flexibility index (Phi) is 6.60. The zero-order chi connectivity index (χ0) is 25.1. The minimum Gasteiger partial charge on any atom is -0.352 e. The summed E-state index contributed by atoms with van der Waals surface area (Å²) < 4.78 is 13.7. The monoisotopic (exact) mass is 501 g/mol. The van der Waals surface area contributed by atoms with Gasteiger partial charge in [0.2, 0.25) is 11.9 Å². The van der Waals surface area contributed by atoms with Gasteiger partial charge in [-0.3, -0.25) is 9.59 Å². The Morgan fingerprint density at radius 3 is 2.69 bits per heavy atom. The fourth-order valence-corrected chi connectivity index (χ4v) is 4.14. The smallest absolute Gasteiger partial charge is 0.251 e. The molecule has 0 aliphatic carbocycles. The van der Waals surface area contributed by atoms with Crippen LogP contribution >= 0.6 is 11.6 Å². The van der Waals surface area contributed by atoms with Gasteiger partial charge in [-0.05, 0) is 60.5 Å². The van der Waals surface area contributed by atoms with E-state index in [1.165, 1.54) is 6.07 Å². The van der Waals surface area contributed by atoms with Gasteiger partial charge in [0, 0.05) is 40.1 Å². The second-order valence-electron chi connectivity index (χ2n) is 8.28. The molecule has 2 amide bonds. The number of aromatic nitrogens is 2. The lowest BCUT2D eigenvalue weighted by atomic mass is 10.1. The second kappa shape index (κ2) is 10.1. The van der Waals surface area contributed by atoms with Crippen LogP contribution in [0.3, 0.4) is 0 Å². The third kappa shape index (κ3) is 5.18. The quantitative estimate of drug-likeness (QED) is 0.340. The molecule has 7 nitrogen and oxygen atoms in total. The van der Waals surface area contributed by atoms with E-state index < -0.39 is 0 Å². The van der Waals surface area contributed by atoms with Crippen molar-refractivity contribution in [1.82, 2.24) is 15.3 Å². The van der Waals surface area contributed by atoms with Crippen molar-refractivity contribution in [3.05, 3.63) is 100 Å². The number of anilines is 3. The minimum atomic E-state index is -0.280. The molecule has 1 aliphatic rings. The maximum Gasteiger partial charge on any atom is 0.251 e. The van der Waals surface area contributed by atoms with E-state index in [2.05, 4.69) is 25.9 Å². The molecule has 36 heavy (non-hydrogen) atoms. The predicted octanol–water partition coefficient (Wildman–Crippen LogP) is 5.15. The molecule has 1 aromatic heterocycles. The second-order valence-corrected chi connectivity index (χ2v) is 8.72. The first-order valence-electron chi connectivity index (χ1n) is 11.3. The summed E-state index contributed by atoms with van der Waals surface area (Å²) in [5.74, 6) is -0.334. The van der Waals surface area contributed by atoms with Gasteiger partial charge in [-0.1, -0.05) is 29.8 Å². The van der Waals surface area contributed by atoms with Crippen molar-refractivity contribution in [2.24, 2.45) is 0 Å². The number of halogens is 2. The molecule has 3 N–H and O–H groups in total. The van der Waals surface area contributed by atoms with Gasteiger partial charge in [-0.25, -0.2) is 14.4 Å². The molecule has 9 heteroatoms. The normalized spacial score (nSPS) is 12.1. The lowest BCUT2D eigenvalue weighted by Gasteiger charge is -2.11. The van der Waals surface area contributed by atoms with E-state index in [1.807, 2.05) is 6.07 Å². The molecule has 180 valence electrons. The van der Waals surface area contributed by atoms with Crippen molar-refractivity contribution in [3.63, 3.8) is 0 Å². The van der Waals surface area contributed by atoms with Crippen molar-refractivity contribution in [2.75, 3.05) is 17.2 Å². The number of carbonyl (C=O) groups excluding carboxylic acids is 2. The minimum absolute atomic E-state index is 0.155. The Labute approximate surface area is 211 Å². The predicted molar refractivity (Wildman–Crippen MR) is 137 cm³/mol. The standard InChI is InChI=1S/C27H21ClFN5O2/c28-19-7-10-21-23(14-19)33-24(35)13-18-15-31-27(34-25(18)21)32-20-8-5-17(6-9-20)26(36)30-12-11-16-3-1-2-4-22(16)29/h1-10,14-15H,11-13H2,(H,30,36)(H,33,35)(H,31,32,34). The highest BCUT2D eigenvalue weighted by molar-refractivity contribution is 6.31. The van der Waals surface area contributed by atoms with E-state index in [1.54, 1.807) is 60.8 Å². The van der Waals surface area contributed by atoms with Crippen molar-refractivity contribution < 1.29 is 14.0 Å². The number of rotatable bonds is 6. The van der Waals surface area contributed by atoms with Crippen LogP contribution in [0.5, 0.6) is 0 Å². The number of amides is 2. The van der Waals surface area contributed by atoms with E-state index in [-0.39, 0.29) is 24.1 Å². The van der Waals surface area contributed by atoms with Gasteiger partial charge in [-0.15, -0.1) is 0 Å². The Morgan fingerprint density at radius 2 is 1.89 bits per heavy atom. The molecule has 0 saturated heterocycles. The number of hydrogen-bond acceptors (Lipinski definition) is 5. The van der Waals surface area contributed by atoms with Crippen LogP contribution in [0.2, 0.25) is 5.02 Å². The van der Waals surface area contributed by atoms with Gasteiger partial charge in [0.1, 0.15) is 5.82 Å². The molecule has 0 saturated carbocycles. The van der Waals surface area contributed by atoms with Crippen LogP contribution in [0.1, 0.15) is 21.5 Å². The average molecular weight is 502 g/mol. The van der Waals surface area contributed by atoms with E-state index in [4.69, 9.17) is 11.6 Å². The summed E-state index contributed by atoms with van der Waals surface area (Å²) in [5, 5.41) is 9.31. The molecule has 1 aliphatic heterocycles. The fourth-order valence-electron chi connectivity index (χ4n) is 3.97. The number of hydrogen-bond donors (Lipinski definition) is 3. The van der Waals surface area contributed by atoms with Gasteiger partial charge in [0.25, 0.3) is 5.91 Å². The first-order valence-corrected chi connectivity index (χ1v) is 11.7. The summed E-state index contributed by atoms with van der Waals surface area (Å²) >= 11 is 6.10. The van der Waals surface area contributed by atoms with Gasteiger partial charge in [0.15, 0.2) is 0 Å². The van der Waals surface area contributed by atoms with E-state index >= 15 is 0 Å². The highest BCUT2D eigenvalue weighted by Crippen LogP contribution is 2.34. The van der Waals surface area contributed by atoms with E-state index in [0.29, 0.717) is 57.7 Å². The van der Waals surface area contributed by atoms with E-state index in [9.17, 15) is 14.0 Å². The third-order valence-electron chi connectivity index (χ3n) is 5.77. The van der Waals surface area contributed by atoms with Gasteiger partial charge < -0.3 is 16.0 Å². The maximum absolute atomic E-state index is 13.7. The summed E-state index contributed by atoms with van der Waals surface area (Å²) in [7, 11) is 0. The highest BCUT2D eigenvalue weighted by Gasteiger charge is 2.21. The molecule has 0 fully saturated rings. The van der Waals surface area contributed by atoms with Gasteiger partial charge in [0.05, 0.1) is 17.8 Å². The summed E-state index contributed by atoms with van der Waals surface area (Å²) in [6.45, 7) is 0.326. The van der Waals surface area contributed by atoms with Crippen LogP contribution in [0.25, 0.3) is 11.3 Å². The van der Waals surface area contributed by atoms with Crippen LogP contribution in [0.4, 0.5) is 21.7 Å². The zero-order valence-corrected chi connectivity index (χ0v) is 19.8. The molecule has 0 spiro atoms. The lowest BCUT2D eigenvalue weighted by Crippen LogP contribution is -2.25. The summed E-state index contributed by atoms with van der Waals surface area (Å²) in [6, 6.07) is 18.6. The van der Waals surface area contributed by atoms with Crippen LogP contribution in [-0.2, 0) is 17.6 Å². The Balaban J connectivity index is 1.27. The molecule has 0 radical (unpaired) electrons. The SMILES string of the molecule is O=C1Cc2cnc(Nc3ccc(C(=O)NCCc4ccccc4F)cc3)nc2-c2ccc(Cl)cc2N1. The highest BCUT2D eigenvalue weighted by atomic mass is 35.5. The maximum atomic E-state index is 13.7. The first-order chi connectivity index (χ1) is 17.5. The summed E-state index contributed by atoms with van der Waals surface area (Å²) in [6.07, 6.45) is 2.19. The molecule has 3 aromatic carbocycles. The van der Waals surface area contributed by atoms with Crippen molar-refractivity contribution in [1.29, 1.82) is 0 Å². The molecule has 5 rings (SSSR count). The van der Waals surface area contributed by atoms with Crippen LogP contribution in [0, 0.1) is 5.82 Å². The van der Waals surface area contributed by atoms with Gasteiger partial charge >= 0.3 is 0 Å². The summed E-state index contributed by atoms with van der Waals surface area (Å²) in [4.78, 5) is 33.7. The van der Waals surface area contributed by atoms with Crippen LogP contribution in [-0.4, -0.2) is 28.3 Å². The summed E-state index contributed by atoms with van der Waals surface area (Å²) in [5.41, 5.74) is 4.44. The Morgan fingerprint density at radius 1 is 1.08 bits per heavy atom. The fraction of sp³-hybridized carbons (Fsp3) is 0.111. The molecule has 2 heterocycles. The molecular formula is C27H21ClFN5O2. The lowest BCUT2D eigenvalue weighted by molar-refractivity contribution is -0.115.